The van der Waals surface area contributed by atoms with E-state index in [1.54, 1.807) is 0 Å². The van der Waals surface area contributed by atoms with E-state index in [2.05, 4.69) is 39.0 Å². The summed E-state index contributed by atoms with van der Waals surface area (Å²) in [7, 11) is 0. The van der Waals surface area contributed by atoms with Crippen molar-refractivity contribution in [1.29, 1.82) is 0 Å². The number of benzene rings is 1. The fourth-order valence-electron chi connectivity index (χ4n) is 2.31. The number of aliphatic hydroxyl groups is 1. The Labute approximate surface area is 105 Å². The summed E-state index contributed by atoms with van der Waals surface area (Å²) in [5.74, 6) is 0.469. The molecule has 0 spiro atoms. The van der Waals surface area contributed by atoms with Gasteiger partial charge in [-0.25, -0.2) is 0 Å². The van der Waals surface area contributed by atoms with Crippen LogP contribution in [0.4, 0.5) is 0 Å². The summed E-state index contributed by atoms with van der Waals surface area (Å²) in [6.07, 6.45) is 2.37. The number of nitrogens with zero attached hydrogens (tertiary/aromatic N) is 1. The Hall–Kier alpha value is -0.380. The molecule has 1 aromatic rings. The molecule has 16 heavy (non-hydrogen) atoms. The number of piperidine rings is 1. The van der Waals surface area contributed by atoms with Crippen molar-refractivity contribution in [1.82, 2.24) is 4.90 Å². The van der Waals surface area contributed by atoms with Crippen LogP contribution in [0.1, 0.15) is 18.4 Å². The third-order valence-electron chi connectivity index (χ3n) is 3.21. The van der Waals surface area contributed by atoms with E-state index < -0.39 is 0 Å². The molecular weight excluding hydrogens is 266 g/mol. The molecule has 1 atom stereocenters. The van der Waals surface area contributed by atoms with Gasteiger partial charge in [0, 0.05) is 24.2 Å². The molecule has 0 aromatic heterocycles. The highest BCUT2D eigenvalue weighted by molar-refractivity contribution is 9.10. The molecule has 1 N–H and O–H groups in total. The molecule has 0 bridgehead atoms. The van der Waals surface area contributed by atoms with Crippen molar-refractivity contribution in [2.45, 2.75) is 19.4 Å². The zero-order valence-corrected chi connectivity index (χ0v) is 11.0. The molecule has 0 radical (unpaired) electrons. The van der Waals surface area contributed by atoms with Gasteiger partial charge in [0.05, 0.1) is 0 Å². The molecule has 2 nitrogen and oxygen atoms in total. The highest BCUT2D eigenvalue weighted by atomic mass is 79.9. The van der Waals surface area contributed by atoms with E-state index in [-0.39, 0.29) is 0 Å². The molecule has 0 amide bonds. The molecule has 1 saturated heterocycles. The average molecular weight is 284 g/mol. The fraction of sp³-hybridized carbons (Fsp3) is 0.538. The largest absolute Gasteiger partial charge is 0.396 e. The van der Waals surface area contributed by atoms with Gasteiger partial charge in [-0.15, -0.1) is 0 Å². The summed E-state index contributed by atoms with van der Waals surface area (Å²) in [5.41, 5.74) is 1.33. The fourth-order valence-corrected chi connectivity index (χ4v) is 2.72. The van der Waals surface area contributed by atoms with E-state index in [1.807, 2.05) is 6.07 Å². The van der Waals surface area contributed by atoms with Crippen molar-refractivity contribution >= 4 is 15.9 Å². The van der Waals surface area contributed by atoms with Gasteiger partial charge in [0.1, 0.15) is 0 Å². The van der Waals surface area contributed by atoms with Crippen LogP contribution in [0.5, 0.6) is 0 Å². The quantitative estimate of drug-likeness (QED) is 0.922. The molecule has 88 valence electrons. The first-order chi connectivity index (χ1) is 7.79. The van der Waals surface area contributed by atoms with Crippen LogP contribution in [0.3, 0.4) is 0 Å². The smallest absolute Gasteiger partial charge is 0.0471 e. The van der Waals surface area contributed by atoms with Gasteiger partial charge < -0.3 is 5.11 Å². The molecule has 1 fully saturated rings. The van der Waals surface area contributed by atoms with Crippen LogP contribution in [-0.2, 0) is 6.54 Å². The first-order valence-corrected chi connectivity index (χ1v) is 6.65. The van der Waals surface area contributed by atoms with Crippen molar-refractivity contribution in [3.05, 3.63) is 34.3 Å². The summed E-state index contributed by atoms with van der Waals surface area (Å²) in [4.78, 5) is 2.44. The Morgan fingerprint density at radius 1 is 1.38 bits per heavy atom. The highest BCUT2D eigenvalue weighted by Crippen LogP contribution is 2.22. The number of hydrogen-bond acceptors (Lipinski definition) is 2. The number of aliphatic hydroxyl groups excluding tert-OH is 1. The lowest BCUT2D eigenvalue weighted by Gasteiger charge is -2.31. The summed E-state index contributed by atoms with van der Waals surface area (Å²) in [6, 6.07) is 8.36. The number of likely N-dealkylation sites (tertiary alicyclic amines) is 1. The number of halogens is 1. The average Bonchev–Trinajstić information content (AvgIpc) is 2.32. The maximum absolute atomic E-state index is 9.19. The van der Waals surface area contributed by atoms with E-state index in [9.17, 15) is 5.11 Å². The summed E-state index contributed by atoms with van der Waals surface area (Å²) < 4.78 is 1.18. The van der Waals surface area contributed by atoms with E-state index in [0.29, 0.717) is 12.5 Å². The number of hydrogen-bond donors (Lipinski definition) is 1. The van der Waals surface area contributed by atoms with Gasteiger partial charge in [0.2, 0.25) is 0 Å². The van der Waals surface area contributed by atoms with Crippen LogP contribution in [0, 0.1) is 5.92 Å². The second-order valence-electron chi connectivity index (χ2n) is 4.52. The first-order valence-electron chi connectivity index (χ1n) is 5.86. The van der Waals surface area contributed by atoms with Crippen LogP contribution in [0.25, 0.3) is 0 Å². The predicted octanol–water partition coefficient (Wildman–Crippen LogP) is 2.65. The Bertz CT molecular complexity index is 342. The van der Waals surface area contributed by atoms with Gasteiger partial charge in [-0.1, -0.05) is 34.1 Å². The molecule has 3 heteroatoms. The minimum absolute atomic E-state index is 0.326. The lowest BCUT2D eigenvalue weighted by molar-refractivity contribution is 0.116. The Morgan fingerprint density at radius 3 is 2.94 bits per heavy atom. The van der Waals surface area contributed by atoms with Crippen LogP contribution >= 0.6 is 15.9 Å². The van der Waals surface area contributed by atoms with Crippen molar-refractivity contribution < 1.29 is 5.11 Å². The van der Waals surface area contributed by atoms with Gasteiger partial charge in [-0.2, -0.15) is 0 Å². The molecule has 0 aliphatic carbocycles. The van der Waals surface area contributed by atoms with E-state index in [4.69, 9.17) is 0 Å². The minimum atomic E-state index is 0.326. The normalized spacial score (nSPS) is 22.2. The van der Waals surface area contributed by atoms with Gasteiger partial charge in [-0.05, 0) is 36.9 Å². The monoisotopic (exact) mass is 283 g/mol. The van der Waals surface area contributed by atoms with Crippen molar-refractivity contribution in [3.8, 4) is 0 Å². The standard InChI is InChI=1S/C13H18BrNO/c14-13-6-2-1-5-12(13)9-15-7-3-4-11(8-15)10-16/h1-2,5-6,11,16H,3-4,7-10H2. The Kier molecular flexibility index (Phi) is 4.38. The van der Waals surface area contributed by atoms with Gasteiger partial charge in [0.25, 0.3) is 0 Å². The van der Waals surface area contributed by atoms with Crippen molar-refractivity contribution in [2.24, 2.45) is 5.92 Å². The van der Waals surface area contributed by atoms with Crippen LogP contribution in [0.15, 0.2) is 28.7 Å². The molecular formula is C13H18BrNO. The lowest BCUT2D eigenvalue weighted by atomic mass is 9.98. The zero-order chi connectivity index (χ0) is 11.4. The highest BCUT2D eigenvalue weighted by Gasteiger charge is 2.19. The lowest BCUT2D eigenvalue weighted by Crippen LogP contribution is -2.36. The topological polar surface area (TPSA) is 23.5 Å². The maximum atomic E-state index is 9.19. The van der Waals surface area contributed by atoms with Crippen molar-refractivity contribution in [3.63, 3.8) is 0 Å². The first kappa shape index (κ1) is 12.1. The van der Waals surface area contributed by atoms with Gasteiger partial charge >= 0.3 is 0 Å². The Balaban J connectivity index is 1.97. The second kappa shape index (κ2) is 5.80. The third-order valence-corrected chi connectivity index (χ3v) is 3.99. The second-order valence-corrected chi connectivity index (χ2v) is 5.37. The molecule has 1 aliphatic heterocycles. The molecule has 1 aliphatic rings. The van der Waals surface area contributed by atoms with E-state index in [0.717, 1.165) is 19.6 Å². The van der Waals surface area contributed by atoms with Crippen molar-refractivity contribution in [2.75, 3.05) is 19.7 Å². The van der Waals surface area contributed by atoms with Gasteiger partial charge in [0.15, 0.2) is 0 Å². The number of rotatable bonds is 3. The molecule has 0 saturated carbocycles. The Morgan fingerprint density at radius 2 is 2.19 bits per heavy atom. The summed E-state index contributed by atoms with van der Waals surface area (Å²) in [5, 5.41) is 9.19. The van der Waals surface area contributed by atoms with E-state index >= 15 is 0 Å². The summed E-state index contributed by atoms with van der Waals surface area (Å²) in [6.45, 7) is 3.49. The predicted molar refractivity (Wildman–Crippen MR) is 69.2 cm³/mol. The van der Waals surface area contributed by atoms with Crippen LogP contribution < -0.4 is 0 Å². The molecule has 1 unspecified atom stereocenters. The summed E-state index contributed by atoms with van der Waals surface area (Å²) >= 11 is 3.58. The zero-order valence-electron chi connectivity index (χ0n) is 9.40. The minimum Gasteiger partial charge on any atom is -0.396 e. The molecule has 1 aromatic carbocycles. The third kappa shape index (κ3) is 3.06. The molecule has 2 rings (SSSR count). The van der Waals surface area contributed by atoms with Gasteiger partial charge in [-0.3, -0.25) is 4.90 Å². The maximum Gasteiger partial charge on any atom is 0.0471 e. The SMILES string of the molecule is OCC1CCCN(Cc2ccccc2Br)C1. The van der Waals surface area contributed by atoms with Crippen LogP contribution in [0.2, 0.25) is 0 Å². The van der Waals surface area contributed by atoms with Crippen LogP contribution in [-0.4, -0.2) is 29.7 Å². The van der Waals surface area contributed by atoms with E-state index in [1.165, 1.54) is 22.9 Å². The molecule has 1 heterocycles.